The van der Waals surface area contributed by atoms with Crippen molar-refractivity contribution in [3.63, 3.8) is 0 Å². The number of carboxylic acid groups (broad SMARTS) is 1. The van der Waals surface area contributed by atoms with Gasteiger partial charge in [0.15, 0.2) is 0 Å². The minimum atomic E-state index is -0.951. The monoisotopic (exact) mass is 322 g/mol. The van der Waals surface area contributed by atoms with Crippen LogP contribution in [-0.2, 0) is 16.0 Å². The Morgan fingerprint density at radius 2 is 1.96 bits per heavy atom. The lowest BCUT2D eigenvalue weighted by atomic mass is 9.88. The molecule has 0 spiro atoms. The maximum Gasteiger partial charge on any atom is 0.305 e. The van der Waals surface area contributed by atoms with Gasteiger partial charge < -0.3 is 10.4 Å². The summed E-state index contributed by atoms with van der Waals surface area (Å²) in [6.45, 7) is 3.68. The summed E-state index contributed by atoms with van der Waals surface area (Å²) < 4.78 is 0. The van der Waals surface area contributed by atoms with Gasteiger partial charge in [-0.15, -0.1) is 0 Å². The molecular weight excluding hydrogens is 300 g/mol. The Bertz CT molecular complexity index is 582. The fraction of sp³-hybridized carbons (Fsp3) is 0.500. The third-order valence-corrected chi connectivity index (χ3v) is 4.01. The van der Waals surface area contributed by atoms with Crippen molar-refractivity contribution in [1.29, 1.82) is 0 Å². The summed E-state index contributed by atoms with van der Waals surface area (Å²) in [6.07, 6.45) is 1.45. The topological polar surface area (TPSA) is 110 Å². The third kappa shape index (κ3) is 5.69. The van der Waals surface area contributed by atoms with Gasteiger partial charge in [-0.1, -0.05) is 26.0 Å². The van der Waals surface area contributed by atoms with Gasteiger partial charge in [0.05, 0.1) is 11.3 Å². The molecule has 126 valence electrons. The average molecular weight is 322 g/mol. The first-order chi connectivity index (χ1) is 10.8. The number of non-ortho nitro benzene ring substituents is 1. The Kier molecular flexibility index (Phi) is 6.68. The van der Waals surface area contributed by atoms with Crippen molar-refractivity contribution in [2.24, 2.45) is 0 Å². The summed E-state index contributed by atoms with van der Waals surface area (Å²) in [7, 11) is 0. The highest BCUT2D eigenvalue weighted by Gasteiger charge is 2.30. The molecule has 7 nitrogen and oxygen atoms in total. The second kappa shape index (κ2) is 8.26. The zero-order valence-electron chi connectivity index (χ0n) is 13.4. The predicted octanol–water partition coefficient (Wildman–Crippen LogP) is 2.68. The van der Waals surface area contributed by atoms with E-state index in [9.17, 15) is 19.7 Å². The molecule has 0 aliphatic rings. The van der Waals surface area contributed by atoms with Crippen molar-refractivity contribution in [3.05, 3.63) is 39.9 Å². The van der Waals surface area contributed by atoms with Gasteiger partial charge in [0.1, 0.15) is 0 Å². The lowest BCUT2D eigenvalue weighted by Gasteiger charge is -2.31. The van der Waals surface area contributed by atoms with Crippen LogP contribution in [0.2, 0.25) is 0 Å². The van der Waals surface area contributed by atoms with Gasteiger partial charge >= 0.3 is 5.97 Å². The van der Waals surface area contributed by atoms with Crippen LogP contribution >= 0.6 is 0 Å². The van der Waals surface area contributed by atoms with Crippen LogP contribution in [-0.4, -0.2) is 27.4 Å². The number of amides is 1. The molecule has 1 aromatic rings. The SMILES string of the molecule is CCC(CC)(CC(=O)O)NC(=O)CCc1cccc([N+](=O)[O-])c1. The number of hydrogen-bond donors (Lipinski definition) is 2. The molecule has 1 rings (SSSR count). The molecule has 0 atom stereocenters. The number of carbonyl (C=O) groups excluding carboxylic acids is 1. The number of carboxylic acids is 1. The number of nitrogens with zero attached hydrogens (tertiary/aromatic N) is 1. The molecule has 0 aliphatic carbocycles. The van der Waals surface area contributed by atoms with Crippen LogP contribution in [0.4, 0.5) is 5.69 Å². The Labute approximate surface area is 134 Å². The second-order valence-electron chi connectivity index (χ2n) is 5.53. The normalized spacial score (nSPS) is 11.0. The smallest absolute Gasteiger partial charge is 0.305 e. The predicted molar refractivity (Wildman–Crippen MR) is 85.1 cm³/mol. The quantitative estimate of drug-likeness (QED) is 0.536. The van der Waals surface area contributed by atoms with E-state index in [0.29, 0.717) is 24.8 Å². The van der Waals surface area contributed by atoms with E-state index in [2.05, 4.69) is 5.32 Å². The van der Waals surface area contributed by atoms with Crippen LogP contribution in [0.25, 0.3) is 0 Å². The van der Waals surface area contributed by atoms with Crippen molar-refractivity contribution in [2.75, 3.05) is 0 Å². The van der Waals surface area contributed by atoms with E-state index in [1.165, 1.54) is 12.1 Å². The van der Waals surface area contributed by atoms with Gasteiger partial charge in [0.25, 0.3) is 5.69 Å². The number of benzene rings is 1. The van der Waals surface area contributed by atoms with Crippen molar-refractivity contribution in [3.8, 4) is 0 Å². The van der Waals surface area contributed by atoms with E-state index < -0.39 is 16.4 Å². The zero-order valence-corrected chi connectivity index (χ0v) is 13.4. The number of aryl methyl sites for hydroxylation is 1. The summed E-state index contributed by atoms with van der Waals surface area (Å²) in [6, 6.07) is 6.15. The lowest BCUT2D eigenvalue weighted by molar-refractivity contribution is -0.384. The highest BCUT2D eigenvalue weighted by molar-refractivity contribution is 5.78. The number of nitro groups is 1. The standard InChI is InChI=1S/C16H22N2O5/c1-3-16(4-2,11-15(20)21)17-14(19)9-8-12-6-5-7-13(10-12)18(22)23/h5-7,10H,3-4,8-9,11H2,1-2H3,(H,17,19)(H,20,21). The summed E-state index contributed by atoms with van der Waals surface area (Å²) in [5.74, 6) is -1.20. The van der Waals surface area contributed by atoms with Crippen LogP contribution in [0.15, 0.2) is 24.3 Å². The molecule has 0 heterocycles. The maximum atomic E-state index is 12.1. The summed E-state index contributed by atoms with van der Waals surface area (Å²) >= 11 is 0. The van der Waals surface area contributed by atoms with Crippen molar-refractivity contribution in [2.45, 2.75) is 51.5 Å². The van der Waals surface area contributed by atoms with E-state index >= 15 is 0 Å². The van der Waals surface area contributed by atoms with Gasteiger partial charge in [-0.25, -0.2) is 0 Å². The maximum absolute atomic E-state index is 12.1. The number of hydrogen-bond acceptors (Lipinski definition) is 4. The molecule has 0 aromatic heterocycles. The minimum Gasteiger partial charge on any atom is -0.481 e. The van der Waals surface area contributed by atoms with Gasteiger partial charge in [0.2, 0.25) is 5.91 Å². The Hall–Kier alpha value is -2.44. The average Bonchev–Trinajstić information content (AvgIpc) is 2.52. The van der Waals surface area contributed by atoms with Gasteiger partial charge in [-0.3, -0.25) is 19.7 Å². The van der Waals surface area contributed by atoms with Crippen LogP contribution in [0.3, 0.4) is 0 Å². The molecule has 2 N–H and O–H groups in total. The number of rotatable bonds is 9. The first-order valence-electron chi connectivity index (χ1n) is 7.58. The van der Waals surface area contributed by atoms with E-state index in [4.69, 9.17) is 5.11 Å². The number of nitro benzene ring substituents is 1. The van der Waals surface area contributed by atoms with Crippen LogP contribution in [0.1, 0.15) is 45.1 Å². The summed E-state index contributed by atoms with van der Waals surface area (Å²) in [5.41, 5.74) is -0.0533. The Balaban J connectivity index is 2.67. The highest BCUT2D eigenvalue weighted by Crippen LogP contribution is 2.20. The Morgan fingerprint density at radius 1 is 1.30 bits per heavy atom. The molecule has 0 unspecified atom stereocenters. The van der Waals surface area contributed by atoms with Gasteiger partial charge in [0, 0.05) is 24.1 Å². The van der Waals surface area contributed by atoms with E-state index in [1.54, 1.807) is 12.1 Å². The van der Waals surface area contributed by atoms with E-state index in [-0.39, 0.29) is 24.4 Å². The number of carbonyl (C=O) groups is 2. The fourth-order valence-electron chi connectivity index (χ4n) is 2.45. The Morgan fingerprint density at radius 3 is 2.48 bits per heavy atom. The minimum absolute atomic E-state index is 0.00903. The van der Waals surface area contributed by atoms with Gasteiger partial charge in [-0.2, -0.15) is 0 Å². The molecule has 0 saturated carbocycles. The van der Waals surface area contributed by atoms with E-state index in [0.717, 1.165) is 0 Å². The zero-order chi connectivity index (χ0) is 17.5. The molecule has 0 saturated heterocycles. The molecule has 23 heavy (non-hydrogen) atoms. The molecule has 1 aromatic carbocycles. The van der Waals surface area contributed by atoms with Gasteiger partial charge in [-0.05, 0) is 24.8 Å². The third-order valence-electron chi connectivity index (χ3n) is 4.01. The molecule has 7 heteroatoms. The first kappa shape index (κ1) is 18.6. The lowest BCUT2D eigenvalue weighted by Crippen LogP contribution is -2.49. The molecule has 0 radical (unpaired) electrons. The van der Waals surface area contributed by atoms with Crippen LogP contribution in [0.5, 0.6) is 0 Å². The van der Waals surface area contributed by atoms with Crippen LogP contribution < -0.4 is 5.32 Å². The van der Waals surface area contributed by atoms with Crippen LogP contribution in [0, 0.1) is 10.1 Å². The highest BCUT2D eigenvalue weighted by atomic mass is 16.6. The van der Waals surface area contributed by atoms with Crippen molar-refractivity contribution >= 4 is 17.6 Å². The molecule has 0 fully saturated rings. The van der Waals surface area contributed by atoms with E-state index in [1.807, 2.05) is 13.8 Å². The summed E-state index contributed by atoms with van der Waals surface area (Å²) in [4.78, 5) is 33.3. The number of aliphatic carboxylic acids is 1. The summed E-state index contributed by atoms with van der Waals surface area (Å²) in [5, 5.41) is 22.5. The first-order valence-corrected chi connectivity index (χ1v) is 7.58. The molecular formula is C16H22N2O5. The molecule has 1 amide bonds. The number of nitrogens with one attached hydrogen (secondary N) is 1. The molecule has 0 bridgehead atoms. The van der Waals surface area contributed by atoms with Crippen molar-refractivity contribution in [1.82, 2.24) is 5.32 Å². The van der Waals surface area contributed by atoms with Crippen molar-refractivity contribution < 1.29 is 19.6 Å². The molecule has 0 aliphatic heterocycles. The largest absolute Gasteiger partial charge is 0.481 e. The fourth-order valence-corrected chi connectivity index (χ4v) is 2.45. The second-order valence-corrected chi connectivity index (χ2v) is 5.53.